The molecule has 1 aromatic heterocycles. The van der Waals surface area contributed by atoms with Crippen molar-refractivity contribution in [1.29, 1.82) is 0 Å². The van der Waals surface area contributed by atoms with Crippen molar-refractivity contribution in [3.8, 4) is 0 Å². The van der Waals surface area contributed by atoms with E-state index >= 15 is 0 Å². The molecular weight excluding hydrogens is 348 g/mol. The standard InChI is InChI=1S/C23H32N4O/c1-17(2)22-18(3)24-19(4)25-23(22)27-14-8-13-26(15-16-27)21(28)12-11-20-9-6-5-7-10-20/h5-7,9-10,17H,8,11-16H2,1-4H3. The number of nitrogens with zero attached hydrogens (tertiary/aromatic N) is 4. The Morgan fingerprint density at radius 1 is 1.04 bits per heavy atom. The van der Waals surface area contributed by atoms with E-state index < -0.39 is 0 Å². The van der Waals surface area contributed by atoms with Crippen molar-refractivity contribution in [1.82, 2.24) is 14.9 Å². The van der Waals surface area contributed by atoms with Crippen LogP contribution in [0.25, 0.3) is 0 Å². The summed E-state index contributed by atoms with van der Waals surface area (Å²) in [5.74, 6) is 2.50. The lowest BCUT2D eigenvalue weighted by atomic mass is 10.0. The van der Waals surface area contributed by atoms with Crippen LogP contribution in [0.4, 0.5) is 5.82 Å². The smallest absolute Gasteiger partial charge is 0.222 e. The Kier molecular flexibility index (Phi) is 6.65. The highest BCUT2D eigenvalue weighted by Crippen LogP contribution is 2.29. The third kappa shape index (κ3) is 4.89. The Labute approximate surface area is 168 Å². The van der Waals surface area contributed by atoms with Crippen molar-refractivity contribution in [2.24, 2.45) is 0 Å². The number of rotatable bonds is 5. The number of benzene rings is 1. The van der Waals surface area contributed by atoms with Gasteiger partial charge in [0.25, 0.3) is 0 Å². The van der Waals surface area contributed by atoms with Gasteiger partial charge < -0.3 is 9.80 Å². The molecule has 0 saturated carbocycles. The zero-order chi connectivity index (χ0) is 20.1. The van der Waals surface area contributed by atoms with Crippen LogP contribution in [-0.2, 0) is 11.2 Å². The van der Waals surface area contributed by atoms with Gasteiger partial charge in [0.2, 0.25) is 5.91 Å². The number of aromatic nitrogens is 2. The first kappa shape index (κ1) is 20.3. The highest BCUT2D eigenvalue weighted by molar-refractivity contribution is 5.76. The van der Waals surface area contributed by atoms with E-state index in [1.807, 2.05) is 30.0 Å². The van der Waals surface area contributed by atoms with Crippen LogP contribution in [0.5, 0.6) is 0 Å². The summed E-state index contributed by atoms with van der Waals surface area (Å²) in [6.45, 7) is 11.8. The van der Waals surface area contributed by atoms with Gasteiger partial charge in [-0.05, 0) is 38.2 Å². The predicted molar refractivity (Wildman–Crippen MR) is 114 cm³/mol. The van der Waals surface area contributed by atoms with Gasteiger partial charge in [-0.2, -0.15) is 0 Å². The van der Waals surface area contributed by atoms with E-state index in [-0.39, 0.29) is 5.91 Å². The van der Waals surface area contributed by atoms with Gasteiger partial charge in [0.15, 0.2) is 0 Å². The SMILES string of the molecule is Cc1nc(C)c(C(C)C)c(N2CCCN(C(=O)CCc3ccccc3)CC2)n1. The van der Waals surface area contributed by atoms with Gasteiger partial charge in [-0.3, -0.25) is 4.79 Å². The molecule has 0 radical (unpaired) electrons. The Morgan fingerprint density at radius 2 is 1.79 bits per heavy atom. The largest absolute Gasteiger partial charge is 0.354 e. The Balaban J connectivity index is 1.66. The van der Waals surface area contributed by atoms with Gasteiger partial charge in [0, 0.05) is 43.9 Å². The molecule has 28 heavy (non-hydrogen) atoms. The molecule has 5 heteroatoms. The third-order valence-electron chi connectivity index (χ3n) is 5.42. The minimum atomic E-state index is 0.254. The molecule has 0 aliphatic carbocycles. The minimum Gasteiger partial charge on any atom is -0.354 e. The predicted octanol–water partition coefficient (Wildman–Crippen LogP) is 3.89. The third-order valence-corrected chi connectivity index (χ3v) is 5.42. The van der Waals surface area contributed by atoms with Crippen LogP contribution in [0.2, 0.25) is 0 Å². The second kappa shape index (κ2) is 9.18. The summed E-state index contributed by atoms with van der Waals surface area (Å²) in [6, 6.07) is 10.2. The zero-order valence-electron chi connectivity index (χ0n) is 17.6. The highest BCUT2D eigenvalue weighted by Gasteiger charge is 2.23. The van der Waals surface area contributed by atoms with Crippen LogP contribution in [-0.4, -0.2) is 47.0 Å². The van der Waals surface area contributed by atoms with E-state index in [9.17, 15) is 4.79 Å². The molecule has 1 aliphatic heterocycles. The van der Waals surface area contributed by atoms with Crippen LogP contribution >= 0.6 is 0 Å². The summed E-state index contributed by atoms with van der Waals surface area (Å²) >= 11 is 0. The molecule has 1 aromatic carbocycles. The van der Waals surface area contributed by atoms with E-state index in [4.69, 9.17) is 4.98 Å². The molecule has 0 spiro atoms. The lowest BCUT2D eigenvalue weighted by Crippen LogP contribution is -2.36. The maximum absolute atomic E-state index is 12.7. The molecule has 0 bridgehead atoms. The molecule has 5 nitrogen and oxygen atoms in total. The molecular formula is C23H32N4O. The van der Waals surface area contributed by atoms with E-state index in [1.54, 1.807) is 0 Å². The Bertz CT molecular complexity index is 804. The first-order chi connectivity index (χ1) is 13.5. The summed E-state index contributed by atoms with van der Waals surface area (Å²) in [5, 5.41) is 0. The van der Waals surface area contributed by atoms with Crippen molar-refractivity contribution in [3.05, 3.63) is 53.0 Å². The summed E-state index contributed by atoms with van der Waals surface area (Å²) in [6.07, 6.45) is 2.35. The number of hydrogen-bond donors (Lipinski definition) is 0. The molecule has 0 N–H and O–H groups in total. The molecule has 1 amide bonds. The summed E-state index contributed by atoms with van der Waals surface area (Å²) < 4.78 is 0. The van der Waals surface area contributed by atoms with Crippen LogP contribution < -0.4 is 4.90 Å². The maximum atomic E-state index is 12.7. The summed E-state index contributed by atoms with van der Waals surface area (Å²) in [5.41, 5.74) is 3.52. The number of amides is 1. The maximum Gasteiger partial charge on any atom is 0.222 e. The van der Waals surface area contributed by atoms with E-state index in [1.165, 1.54) is 11.1 Å². The van der Waals surface area contributed by atoms with E-state index in [0.717, 1.165) is 56.4 Å². The topological polar surface area (TPSA) is 49.3 Å². The summed E-state index contributed by atoms with van der Waals surface area (Å²) in [4.78, 5) is 26.5. The molecule has 2 aromatic rings. The van der Waals surface area contributed by atoms with Gasteiger partial charge in [0.1, 0.15) is 11.6 Å². The van der Waals surface area contributed by atoms with Crippen LogP contribution in [0.15, 0.2) is 30.3 Å². The van der Waals surface area contributed by atoms with Crippen molar-refractivity contribution in [3.63, 3.8) is 0 Å². The fourth-order valence-electron chi connectivity index (χ4n) is 4.05. The quantitative estimate of drug-likeness (QED) is 0.790. The fraction of sp³-hybridized carbons (Fsp3) is 0.522. The van der Waals surface area contributed by atoms with Gasteiger partial charge in [-0.15, -0.1) is 0 Å². The monoisotopic (exact) mass is 380 g/mol. The van der Waals surface area contributed by atoms with Crippen molar-refractivity contribution in [2.75, 3.05) is 31.1 Å². The number of carbonyl (C=O) groups is 1. The van der Waals surface area contributed by atoms with E-state index in [2.05, 4.69) is 42.8 Å². The normalized spacial score (nSPS) is 15.0. The van der Waals surface area contributed by atoms with Gasteiger partial charge in [0.05, 0.1) is 0 Å². The molecule has 150 valence electrons. The van der Waals surface area contributed by atoms with E-state index in [0.29, 0.717) is 12.3 Å². The molecule has 0 unspecified atom stereocenters. The lowest BCUT2D eigenvalue weighted by molar-refractivity contribution is -0.130. The molecule has 0 atom stereocenters. The molecule has 2 heterocycles. The number of carbonyl (C=O) groups excluding carboxylic acids is 1. The Hall–Kier alpha value is -2.43. The average Bonchev–Trinajstić information content (AvgIpc) is 2.92. The average molecular weight is 381 g/mol. The van der Waals surface area contributed by atoms with Gasteiger partial charge >= 0.3 is 0 Å². The highest BCUT2D eigenvalue weighted by atomic mass is 16.2. The zero-order valence-corrected chi connectivity index (χ0v) is 17.6. The molecule has 1 fully saturated rings. The molecule has 1 aliphatic rings. The molecule has 1 saturated heterocycles. The van der Waals surface area contributed by atoms with Crippen molar-refractivity contribution in [2.45, 2.75) is 52.9 Å². The minimum absolute atomic E-state index is 0.254. The lowest BCUT2D eigenvalue weighted by Gasteiger charge is -2.27. The first-order valence-electron chi connectivity index (χ1n) is 10.4. The van der Waals surface area contributed by atoms with Gasteiger partial charge in [-0.25, -0.2) is 9.97 Å². The van der Waals surface area contributed by atoms with Crippen molar-refractivity contribution < 1.29 is 4.79 Å². The first-order valence-corrected chi connectivity index (χ1v) is 10.4. The second-order valence-electron chi connectivity index (χ2n) is 7.96. The van der Waals surface area contributed by atoms with Crippen LogP contribution in [0, 0.1) is 13.8 Å². The van der Waals surface area contributed by atoms with Crippen molar-refractivity contribution >= 4 is 11.7 Å². The van der Waals surface area contributed by atoms with Gasteiger partial charge in [-0.1, -0.05) is 44.2 Å². The Morgan fingerprint density at radius 3 is 2.50 bits per heavy atom. The second-order valence-corrected chi connectivity index (χ2v) is 7.96. The molecule has 3 rings (SSSR count). The summed E-state index contributed by atoms with van der Waals surface area (Å²) in [7, 11) is 0. The number of hydrogen-bond acceptors (Lipinski definition) is 4. The van der Waals surface area contributed by atoms with Crippen LogP contribution in [0.1, 0.15) is 55.3 Å². The number of anilines is 1. The number of aryl methyl sites for hydroxylation is 3. The van der Waals surface area contributed by atoms with Crippen LogP contribution in [0.3, 0.4) is 0 Å². The fourth-order valence-corrected chi connectivity index (χ4v) is 4.05.